The number of amides is 1. The van der Waals surface area contributed by atoms with Crippen LogP contribution in [0.1, 0.15) is 187 Å². The van der Waals surface area contributed by atoms with Crippen LogP contribution in [-0.4, -0.2) is 95.4 Å². The van der Waals surface area contributed by atoms with Crippen molar-refractivity contribution in [2.75, 3.05) is 13.2 Å². The lowest BCUT2D eigenvalue weighted by Crippen LogP contribution is -2.61. The van der Waals surface area contributed by atoms with Gasteiger partial charge in [-0.15, -0.1) is 0 Å². The van der Waals surface area contributed by atoms with Crippen LogP contribution in [0.5, 0.6) is 0 Å². The molecule has 0 aromatic heterocycles. The molecule has 12 nitrogen and oxygen atoms in total. The molecule has 7 unspecified atom stereocenters. The summed E-state index contributed by atoms with van der Waals surface area (Å²) < 4.78 is 47.5. The topological polar surface area (TPSA) is 192 Å². The third-order valence-corrected chi connectivity index (χ3v) is 11.2. The molecule has 0 saturated carbocycles. The molecule has 0 aliphatic carbocycles. The van der Waals surface area contributed by atoms with E-state index >= 15 is 0 Å². The van der Waals surface area contributed by atoms with Gasteiger partial charge in [0.15, 0.2) is 6.29 Å². The Hall–Kier alpha value is -1.68. The smallest absolute Gasteiger partial charge is 0.394 e. The van der Waals surface area contributed by atoms with Gasteiger partial charge in [0.2, 0.25) is 5.91 Å². The van der Waals surface area contributed by atoms with Crippen LogP contribution >= 0.6 is 0 Å². The van der Waals surface area contributed by atoms with Gasteiger partial charge in [0, 0.05) is 6.42 Å². The highest BCUT2D eigenvalue weighted by atomic mass is 32.3. The zero-order chi connectivity index (χ0) is 42.7. The number of unbranched alkanes of at least 4 members (excludes halogenated alkanes) is 23. The van der Waals surface area contributed by atoms with Crippen molar-refractivity contribution in [2.24, 2.45) is 0 Å². The van der Waals surface area contributed by atoms with Gasteiger partial charge in [-0.1, -0.05) is 172 Å². The monoisotopic (exact) mass is 846 g/mol. The molecule has 13 heteroatoms. The highest BCUT2D eigenvalue weighted by Crippen LogP contribution is 2.26. The molecule has 7 atom stereocenters. The van der Waals surface area contributed by atoms with Crippen molar-refractivity contribution in [1.29, 1.82) is 0 Å². The third-order valence-electron chi connectivity index (χ3n) is 10.7. The molecule has 0 radical (unpaired) electrons. The van der Waals surface area contributed by atoms with Crippen LogP contribution in [0, 0.1) is 0 Å². The molecular formula is C45H83NO11S. The van der Waals surface area contributed by atoms with E-state index in [9.17, 15) is 33.6 Å². The molecule has 58 heavy (non-hydrogen) atoms. The Labute approximate surface area is 352 Å². The van der Waals surface area contributed by atoms with Gasteiger partial charge in [-0.2, -0.15) is 8.42 Å². The fourth-order valence-corrected chi connectivity index (χ4v) is 7.60. The van der Waals surface area contributed by atoms with Crippen LogP contribution in [0.3, 0.4) is 0 Å². The van der Waals surface area contributed by atoms with Gasteiger partial charge in [-0.25, -0.2) is 4.18 Å². The van der Waals surface area contributed by atoms with Crippen molar-refractivity contribution in [1.82, 2.24) is 5.32 Å². The van der Waals surface area contributed by atoms with Gasteiger partial charge in [0.05, 0.1) is 25.4 Å². The summed E-state index contributed by atoms with van der Waals surface area (Å²) >= 11 is 0. The Morgan fingerprint density at radius 2 is 1.14 bits per heavy atom. The number of rotatable bonds is 38. The molecule has 1 heterocycles. The van der Waals surface area contributed by atoms with Crippen molar-refractivity contribution in [3.8, 4) is 0 Å². The Kier molecular flexibility index (Phi) is 33.7. The summed E-state index contributed by atoms with van der Waals surface area (Å²) in [7, 11) is -5.08. The highest BCUT2D eigenvalue weighted by molar-refractivity contribution is 7.80. The summed E-state index contributed by atoms with van der Waals surface area (Å²) in [6.07, 6.45) is 33.2. The molecule has 1 aliphatic rings. The number of allylic oxidation sites excluding steroid dienone is 5. The van der Waals surface area contributed by atoms with Crippen LogP contribution < -0.4 is 5.32 Å². The quantitative estimate of drug-likeness (QED) is 0.0151. The van der Waals surface area contributed by atoms with Crippen molar-refractivity contribution in [3.05, 3.63) is 36.5 Å². The Bertz CT molecular complexity index is 1180. The summed E-state index contributed by atoms with van der Waals surface area (Å²) in [5.41, 5.74) is 0. The Balaban J connectivity index is 2.50. The lowest BCUT2D eigenvalue weighted by molar-refractivity contribution is -0.298. The van der Waals surface area contributed by atoms with E-state index in [-0.39, 0.29) is 18.9 Å². The first-order chi connectivity index (χ1) is 28.0. The van der Waals surface area contributed by atoms with E-state index in [1.165, 1.54) is 116 Å². The largest absolute Gasteiger partial charge is 0.397 e. The number of carbonyl (C=O) groups is 1. The van der Waals surface area contributed by atoms with Crippen LogP contribution in [0.2, 0.25) is 0 Å². The number of aliphatic hydroxyl groups is 4. The molecule has 340 valence electrons. The second-order valence-corrected chi connectivity index (χ2v) is 17.1. The van der Waals surface area contributed by atoms with Gasteiger partial charge in [-0.05, 0) is 44.9 Å². The van der Waals surface area contributed by atoms with E-state index in [0.29, 0.717) is 6.42 Å². The van der Waals surface area contributed by atoms with Crippen molar-refractivity contribution in [3.63, 3.8) is 0 Å². The minimum absolute atomic E-state index is 0.264. The molecule has 1 rings (SSSR count). The minimum atomic E-state index is -5.08. The normalized spacial score (nSPS) is 21.4. The van der Waals surface area contributed by atoms with Crippen molar-refractivity contribution >= 4 is 16.3 Å². The second-order valence-electron chi connectivity index (χ2n) is 16.0. The van der Waals surface area contributed by atoms with Crippen LogP contribution in [0.4, 0.5) is 0 Å². The molecule has 0 aromatic carbocycles. The van der Waals surface area contributed by atoms with E-state index in [4.69, 9.17) is 14.0 Å². The lowest BCUT2D eigenvalue weighted by Gasteiger charge is -2.41. The fourth-order valence-electron chi connectivity index (χ4n) is 7.09. The van der Waals surface area contributed by atoms with Gasteiger partial charge >= 0.3 is 10.4 Å². The first-order valence-electron chi connectivity index (χ1n) is 22.9. The summed E-state index contributed by atoms with van der Waals surface area (Å²) in [6, 6.07) is -0.944. The average molecular weight is 846 g/mol. The summed E-state index contributed by atoms with van der Waals surface area (Å²) in [4.78, 5) is 13.0. The van der Waals surface area contributed by atoms with E-state index in [1.807, 2.05) is 6.08 Å². The van der Waals surface area contributed by atoms with Crippen molar-refractivity contribution < 1.29 is 51.8 Å². The fraction of sp³-hybridized carbons (Fsp3) is 0.844. The maximum Gasteiger partial charge on any atom is 0.397 e. The van der Waals surface area contributed by atoms with Crippen molar-refractivity contribution in [2.45, 2.75) is 230 Å². The predicted molar refractivity (Wildman–Crippen MR) is 231 cm³/mol. The average Bonchev–Trinajstić information content (AvgIpc) is 3.19. The number of hydrogen-bond acceptors (Lipinski definition) is 10. The molecule has 1 amide bonds. The SMILES string of the molecule is CCCCC/C=C\C=C/CCCCCCCCCCCCC(=O)NC(COC1OC(CO)C(O)C(OS(=O)(=O)O)C1O)C(O)/C=C/CCCCCCCCCCCC. The van der Waals surface area contributed by atoms with Gasteiger partial charge in [0.1, 0.15) is 24.4 Å². The summed E-state index contributed by atoms with van der Waals surface area (Å²) in [5.74, 6) is -0.269. The molecule has 1 saturated heterocycles. The van der Waals surface area contributed by atoms with Gasteiger partial charge < -0.3 is 35.2 Å². The van der Waals surface area contributed by atoms with E-state index < -0.39 is 59.9 Å². The summed E-state index contributed by atoms with van der Waals surface area (Å²) in [5, 5.41) is 44.6. The number of aliphatic hydroxyl groups excluding tert-OH is 4. The summed E-state index contributed by atoms with van der Waals surface area (Å²) in [6.45, 7) is 3.34. The Morgan fingerprint density at radius 1 is 0.690 bits per heavy atom. The van der Waals surface area contributed by atoms with Crippen LogP contribution in [-0.2, 0) is 28.9 Å². The predicted octanol–water partition coefficient (Wildman–Crippen LogP) is 8.72. The molecule has 6 N–H and O–H groups in total. The van der Waals surface area contributed by atoms with E-state index in [2.05, 4.69) is 47.7 Å². The first kappa shape index (κ1) is 54.3. The molecule has 1 fully saturated rings. The maximum atomic E-state index is 13.0. The first-order valence-corrected chi connectivity index (χ1v) is 24.3. The minimum Gasteiger partial charge on any atom is -0.394 e. The Morgan fingerprint density at radius 3 is 1.64 bits per heavy atom. The van der Waals surface area contributed by atoms with E-state index in [1.54, 1.807) is 6.08 Å². The maximum absolute atomic E-state index is 13.0. The second kappa shape index (κ2) is 36.0. The zero-order valence-electron chi connectivity index (χ0n) is 36.1. The molecular weight excluding hydrogens is 763 g/mol. The van der Waals surface area contributed by atoms with Gasteiger partial charge in [-0.3, -0.25) is 9.35 Å². The molecule has 1 aliphatic heterocycles. The third kappa shape index (κ3) is 28.7. The highest BCUT2D eigenvalue weighted by Gasteiger charge is 2.48. The number of ether oxygens (including phenoxy) is 2. The van der Waals surface area contributed by atoms with E-state index in [0.717, 1.165) is 44.9 Å². The standard InChI is InChI=1S/C45H83NO11S/c1-3-5-7-9-11-13-15-17-18-19-20-21-22-23-25-27-29-31-33-35-41(49)46-38(39(48)34-32-30-28-26-24-16-14-12-10-8-6-4-2)37-55-45-43(51)44(57-58(52,53)54)42(50)40(36-47)56-45/h11,13,15,17,32,34,38-40,42-45,47-48,50-51H,3-10,12,14,16,18-31,33,35-37H2,1-2H3,(H,46,49)(H,52,53,54)/b13-11-,17-15-,34-32+. The number of nitrogens with one attached hydrogen (secondary N) is 1. The van der Waals surface area contributed by atoms with Gasteiger partial charge in [0.25, 0.3) is 0 Å². The molecule has 0 bridgehead atoms. The molecule has 0 aromatic rings. The zero-order valence-corrected chi connectivity index (χ0v) is 36.9. The van der Waals surface area contributed by atoms with Crippen LogP contribution in [0.15, 0.2) is 36.5 Å². The molecule has 0 spiro atoms. The van der Waals surface area contributed by atoms with Crippen LogP contribution in [0.25, 0.3) is 0 Å². The lowest BCUT2D eigenvalue weighted by atomic mass is 9.99. The number of carbonyl (C=O) groups excluding carboxylic acids is 1. The number of hydrogen-bond donors (Lipinski definition) is 6.